The highest BCUT2D eigenvalue weighted by Gasteiger charge is 2.46. The standard InChI is InChI=1S/C33H42N2O6/c1-32(2,3)41-30(39)25(16-15-23-11-5-4-6-12-23)21-33(19-9-10-20-33)31(40)34-26-18-17-24-13-7-8-14-27(24)35(29(26)38)22-28(36)37/h4-8,11-14,25-26H,9-10,15-22H2,1-3H3,(H,34,40)(H,36,37)/t25-,26+/m1/s1. The van der Waals surface area contributed by atoms with Crippen LogP contribution in [-0.2, 0) is 36.8 Å². The molecule has 8 heteroatoms. The Morgan fingerprint density at radius 2 is 1.71 bits per heavy atom. The number of carboxylic acid groups (broad SMARTS) is 1. The number of carboxylic acids is 1. The van der Waals surface area contributed by atoms with Crippen molar-refractivity contribution in [3.05, 3.63) is 65.7 Å². The monoisotopic (exact) mass is 562 g/mol. The van der Waals surface area contributed by atoms with Crippen LogP contribution in [0, 0.1) is 11.3 Å². The van der Waals surface area contributed by atoms with Crippen molar-refractivity contribution in [3.63, 3.8) is 0 Å². The summed E-state index contributed by atoms with van der Waals surface area (Å²) in [5.74, 6) is -2.56. The minimum absolute atomic E-state index is 0.233. The Labute approximate surface area is 242 Å². The van der Waals surface area contributed by atoms with Crippen LogP contribution >= 0.6 is 0 Å². The van der Waals surface area contributed by atoms with Crippen molar-refractivity contribution in [1.29, 1.82) is 0 Å². The van der Waals surface area contributed by atoms with Crippen molar-refractivity contribution >= 4 is 29.4 Å². The summed E-state index contributed by atoms with van der Waals surface area (Å²) in [6.45, 7) is 5.05. The minimum atomic E-state index is -1.12. The van der Waals surface area contributed by atoms with E-state index < -0.39 is 41.4 Å². The smallest absolute Gasteiger partial charge is 0.323 e. The number of fused-ring (bicyclic) bond motifs is 1. The number of rotatable bonds is 10. The van der Waals surface area contributed by atoms with E-state index in [9.17, 15) is 24.3 Å². The van der Waals surface area contributed by atoms with Gasteiger partial charge >= 0.3 is 11.9 Å². The van der Waals surface area contributed by atoms with Gasteiger partial charge in [0.15, 0.2) is 0 Å². The van der Waals surface area contributed by atoms with Crippen LogP contribution in [-0.4, -0.2) is 47.0 Å². The van der Waals surface area contributed by atoms with E-state index in [1.54, 1.807) is 12.1 Å². The van der Waals surface area contributed by atoms with Gasteiger partial charge in [-0.15, -0.1) is 0 Å². The number of carbonyl (C=O) groups excluding carboxylic acids is 3. The zero-order valence-electron chi connectivity index (χ0n) is 24.4. The van der Waals surface area contributed by atoms with Gasteiger partial charge in [-0.1, -0.05) is 61.4 Å². The fourth-order valence-corrected chi connectivity index (χ4v) is 6.18. The molecular formula is C33H42N2O6. The van der Waals surface area contributed by atoms with Crippen molar-refractivity contribution in [1.82, 2.24) is 5.32 Å². The Hall–Kier alpha value is -3.68. The quantitative estimate of drug-likeness (QED) is 0.391. The molecule has 2 aromatic rings. The Bertz CT molecular complexity index is 1250. The number of nitrogens with zero attached hydrogens (tertiary/aromatic N) is 1. The second kappa shape index (κ2) is 12.9. The summed E-state index contributed by atoms with van der Waals surface area (Å²) >= 11 is 0. The molecule has 220 valence electrons. The Kier molecular flexibility index (Phi) is 9.51. The van der Waals surface area contributed by atoms with Gasteiger partial charge in [0.05, 0.1) is 11.3 Å². The highest BCUT2D eigenvalue weighted by molar-refractivity contribution is 6.03. The molecule has 1 aliphatic carbocycles. The molecule has 1 saturated carbocycles. The molecule has 0 saturated heterocycles. The lowest BCUT2D eigenvalue weighted by atomic mass is 9.75. The molecule has 0 unspecified atom stereocenters. The summed E-state index contributed by atoms with van der Waals surface area (Å²) < 4.78 is 5.81. The number of anilines is 1. The first kappa shape index (κ1) is 30.3. The van der Waals surface area contributed by atoms with E-state index in [4.69, 9.17) is 4.74 Å². The average molecular weight is 563 g/mol. The maximum absolute atomic E-state index is 14.1. The number of hydrogen-bond donors (Lipinski definition) is 2. The van der Waals surface area contributed by atoms with Gasteiger partial charge in [-0.2, -0.15) is 0 Å². The molecular weight excluding hydrogens is 520 g/mol. The summed E-state index contributed by atoms with van der Waals surface area (Å²) in [7, 11) is 0. The van der Waals surface area contributed by atoms with Crippen LogP contribution in [0.1, 0.15) is 76.8 Å². The molecule has 2 aliphatic rings. The largest absolute Gasteiger partial charge is 0.480 e. The number of amides is 2. The maximum Gasteiger partial charge on any atom is 0.323 e. The topological polar surface area (TPSA) is 113 Å². The van der Waals surface area contributed by atoms with E-state index in [0.29, 0.717) is 50.6 Å². The highest BCUT2D eigenvalue weighted by atomic mass is 16.6. The Morgan fingerprint density at radius 1 is 1.05 bits per heavy atom. The van der Waals surface area contributed by atoms with E-state index in [1.165, 1.54) is 4.90 Å². The van der Waals surface area contributed by atoms with Gasteiger partial charge in [-0.3, -0.25) is 24.1 Å². The van der Waals surface area contributed by atoms with Crippen molar-refractivity contribution in [2.75, 3.05) is 11.4 Å². The van der Waals surface area contributed by atoms with Crippen molar-refractivity contribution in [3.8, 4) is 0 Å². The molecule has 0 aromatic heterocycles. The molecule has 1 heterocycles. The molecule has 2 N–H and O–H groups in total. The lowest BCUT2D eigenvalue weighted by Crippen LogP contribution is -2.53. The van der Waals surface area contributed by atoms with Crippen LogP contribution in [0.4, 0.5) is 5.69 Å². The van der Waals surface area contributed by atoms with Crippen molar-refractivity contribution in [2.45, 2.75) is 90.2 Å². The number of ether oxygens (including phenoxy) is 1. The van der Waals surface area contributed by atoms with Gasteiger partial charge in [-0.25, -0.2) is 0 Å². The number of benzene rings is 2. The molecule has 2 aromatic carbocycles. The van der Waals surface area contributed by atoms with Gasteiger partial charge in [0, 0.05) is 5.69 Å². The molecule has 2 amide bonds. The summed E-state index contributed by atoms with van der Waals surface area (Å²) in [4.78, 5) is 54.0. The zero-order chi connectivity index (χ0) is 29.6. The van der Waals surface area contributed by atoms with Gasteiger partial charge in [0.25, 0.3) is 0 Å². The number of para-hydroxylation sites is 1. The number of nitrogens with one attached hydrogen (secondary N) is 1. The normalized spacial score (nSPS) is 19.1. The lowest BCUT2D eigenvalue weighted by molar-refractivity contribution is -0.162. The van der Waals surface area contributed by atoms with Crippen LogP contribution in [0.5, 0.6) is 0 Å². The Balaban J connectivity index is 1.55. The van der Waals surface area contributed by atoms with E-state index in [0.717, 1.165) is 24.0 Å². The third-order valence-electron chi connectivity index (χ3n) is 8.19. The van der Waals surface area contributed by atoms with Gasteiger partial charge in [-0.05, 0) is 82.9 Å². The molecule has 2 atom stereocenters. The van der Waals surface area contributed by atoms with Gasteiger partial charge in [0.2, 0.25) is 11.8 Å². The summed E-state index contributed by atoms with van der Waals surface area (Å²) in [5, 5.41) is 12.5. The average Bonchev–Trinajstić information content (AvgIpc) is 3.36. The van der Waals surface area contributed by atoms with Crippen LogP contribution in [0.25, 0.3) is 0 Å². The third-order valence-corrected chi connectivity index (χ3v) is 8.19. The van der Waals surface area contributed by atoms with Crippen molar-refractivity contribution in [2.24, 2.45) is 11.3 Å². The van der Waals surface area contributed by atoms with Gasteiger partial charge < -0.3 is 15.2 Å². The number of aliphatic carboxylic acids is 1. The van der Waals surface area contributed by atoms with Crippen LogP contribution in [0.15, 0.2) is 54.6 Å². The molecule has 4 rings (SSSR count). The van der Waals surface area contributed by atoms with Crippen LogP contribution in [0.3, 0.4) is 0 Å². The molecule has 1 aliphatic heterocycles. The number of hydrogen-bond acceptors (Lipinski definition) is 5. The predicted octanol–water partition coefficient (Wildman–Crippen LogP) is 5.08. The first-order valence-corrected chi connectivity index (χ1v) is 14.7. The number of carbonyl (C=O) groups is 4. The summed E-state index contributed by atoms with van der Waals surface area (Å²) in [6.07, 6.45) is 5.48. The van der Waals surface area contributed by atoms with E-state index in [-0.39, 0.29) is 11.9 Å². The molecule has 0 spiro atoms. The van der Waals surface area contributed by atoms with E-state index >= 15 is 0 Å². The SMILES string of the molecule is CC(C)(C)OC(=O)[C@H](CCc1ccccc1)CC1(C(=O)N[C@H]2CCc3ccccc3N(CC(=O)O)C2=O)CCCC1. The first-order chi connectivity index (χ1) is 19.5. The maximum atomic E-state index is 14.1. The predicted molar refractivity (Wildman–Crippen MR) is 156 cm³/mol. The minimum Gasteiger partial charge on any atom is -0.480 e. The molecule has 1 fully saturated rings. The highest BCUT2D eigenvalue weighted by Crippen LogP contribution is 2.45. The zero-order valence-corrected chi connectivity index (χ0v) is 24.4. The first-order valence-electron chi connectivity index (χ1n) is 14.7. The van der Waals surface area contributed by atoms with E-state index in [2.05, 4.69) is 5.32 Å². The van der Waals surface area contributed by atoms with Crippen LogP contribution < -0.4 is 10.2 Å². The third kappa shape index (κ3) is 7.75. The molecule has 8 nitrogen and oxygen atoms in total. The van der Waals surface area contributed by atoms with Gasteiger partial charge in [0.1, 0.15) is 18.2 Å². The summed E-state index contributed by atoms with van der Waals surface area (Å²) in [6, 6.07) is 16.4. The second-order valence-corrected chi connectivity index (χ2v) is 12.5. The van der Waals surface area contributed by atoms with Crippen LogP contribution in [0.2, 0.25) is 0 Å². The molecule has 41 heavy (non-hydrogen) atoms. The number of aryl methyl sites for hydroxylation is 2. The molecule has 0 radical (unpaired) electrons. The Morgan fingerprint density at radius 3 is 2.37 bits per heavy atom. The summed E-state index contributed by atoms with van der Waals surface area (Å²) in [5.41, 5.74) is 1.12. The fraction of sp³-hybridized carbons (Fsp3) is 0.515. The fourth-order valence-electron chi connectivity index (χ4n) is 6.18. The lowest BCUT2D eigenvalue weighted by Gasteiger charge is -2.34. The number of esters is 1. The molecule has 0 bridgehead atoms. The van der Waals surface area contributed by atoms with Crippen molar-refractivity contribution < 1.29 is 29.0 Å². The van der Waals surface area contributed by atoms with E-state index in [1.807, 2.05) is 63.2 Å². The second-order valence-electron chi connectivity index (χ2n) is 12.5.